The molecular formula is C5H8ClFO3. The van der Waals surface area contributed by atoms with E-state index in [1.807, 2.05) is 0 Å². The molecule has 0 aliphatic carbocycles. The molecule has 0 aromatic rings. The Morgan fingerprint density at radius 3 is 2.80 bits per heavy atom. The summed E-state index contributed by atoms with van der Waals surface area (Å²) in [6.45, 7) is -0.886. The molecule has 0 aliphatic rings. The quantitative estimate of drug-likeness (QED) is 0.474. The highest BCUT2D eigenvalue weighted by Gasteiger charge is 2.07. The van der Waals surface area contributed by atoms with Crippen molar-refractivity contribution in [3.05, 3.63) is 0 Å². The fourth-order valence-corrected chi connectivity index (χ4v) is 0.325. The van der Waals surface area contributed by atoms with E-state index in [1.165, 1.54) is 7.11 Å². The second kappa shape index (κ2) is 5.29. The topological polar surface area (TPSA) is 35.5 Å². The van der Waals surface area contributed by atoms with Gasteiger partial charge in [0, 0.05) is 0 Å². The van der Waals surface area contributed by atoms with Crippen molar-refractivity contribution in [1.29, 1.82) is 0 Å². The third-order valence-corrected chi connectivity index (χ3v) is 0.959. The molecule has 5 heteroatoms. The number of rotatable bonds is 3. The van der Waals surface area contributed by atoms with E-state index in [2.05, 4.69) is 9.47 Å². The summed E-state index contributed by atoms with van der Waals surface area (Å²) >= 11 is 5.26. The molecule has 0 saturated heterocycles. The van der Waals surface area contributed by atoms with Crippen LogP contribution >= 0.6 is 11.6 Å². The Kier molecular flexibility index (Phi) is 5.02. The summed E-state index contributed by atoms with van der Waals surface area (Å²) in [5.74, 6) is 0. The molecular weight excluding hydrogens is 163 g/mol. The molecule has 0 fully saturated rings. The largest absolute Gasteiger partial charge is 0.508 e. The summed E-state index contributed by atoms with van der Waals surface area (Å²) in [6.07, 6.45) is -0.848. The van der Waals surface area contributed by atoms with Crippen LogP contribution in [0.15, 0.2) is 0 Å². The van der Waals surface area contributed by atoms with Gasteiger partial charge in [0.25, 0.3) is 0 Å². The van der Waals surface area contributed by atoms with E-state index in [0.717, 1.165) is 0 Å². The summed E-state index contributed by atoms with van der Waals surface area (Å²) in [4.78, 5) is 10.2. The Balaban J connectivity index is 3.26. The van der Waals surface area contributed by atoms with Crippen molar-refractivity contribution < 1.29 is 18.7 Å². The summed E-state index contributed by atoms with van der Waals surface area (Å²) in [6, 6.07) is 0. The van der Waals surface area contributed by atoms with Crippen LogP contribution in [0.3, 0.4) is 0 Å². The monoisotopic (exact) mass is 170 g/mol. The number of hydrogen-bond donors (Lipinski definition) is 0. The van der Waals surface area contributed by atoms with Crippen LogP contribution in [0.1, 0.15) is 0 Å². The van der Waals surface area contributed by atoms with Crippen LogP contribution < -0.4 is 0 Å². The fourth-order valence-electron chi connectivity index (χ4n) is 0.262. The number of carbonyl (C=O) groups is 1. The van der Waals surface area contributed by atoms with Crippen molar-refractivity contribution in [2.75, 3.05) is 20.4 Å². The molecule has 1 atom stereocenters. The maximum absolute atomic E-state index is 11.6. The maximum atomic E-state index is 11.6. The lowest BCUT2D eigenvalue weighted by Gasteiger charge is -2.04. The van der Waals surface area contributed by atoms with Crippen molar-refractivity contribution in [3.63, 3.8) is 0 Å². The molecule has 0 aromatic carbocycles. The van der Waals surface area contributed by atoms with E-state index in [-0.39, 0.29) is 6.61 Å². The van der Waals surface area contributed by atoms with Crippen LogP contribution in [-0.4, -0.2) is 31.9 Å². The van der Waals surface area contributed by atoms with Crippen LogP contribution in [0.5, 0.6) is 0 Å². The number of hydrogen-bond acceptors (Lipinski definition) is 3. The Morgan fingerprint density at radius 1 is 1.80 bits per heavy atom. The van der Waals surface area contributed by atoms with Gasteiger partial charge >= 0.3 is 6.16 Å². The maximum Gasteiger partial charge on any atom is 0.508 e. The average Bonchev–Trinajstić information content (AvgIpc) is 1.99. The van der Waals surface area contributed by atoms with Gasteiger partial charge in [-0.25, -0.2) is 9.18 Å². The highest BCUT2D eigenvalue weighted by Crippen LogP contribution is 1.97. The lowest BCUT2D eigenvalue weighted by molar-refractivity contribution is 0.0713. The molecule has 0 aromatic heterocycles. The molecule has 3 nitrogen and oxygen atoms in total. The van der Waals surface area contributed by atoms with Crippen LogP contribution in [0.25, 0.3) is 0 Å². The van der Waals surface area contributed by atoms with Gasteiger partial charge in [-0.1, -0.05) is 0 Å². The third kappa shape index (κ3) is 4.38. The molecule has 0 rings (SSSR count). The molecule has 0 heterocycles. The number of halogens is 2. The zero-order chi connectivity index (χ0) is 7.98. The van der Waals surface area contributed by atoms with Crippen LogP contribution in [0, 0.1) is 0 Å². The van der Waals surface area contributed by atoms with Gasteiger partial charge < -0.3 is 9.47 Å². The van der Waals surface area contributed by atoms with Gasteiger partial charge in [0.1, 0.15) is 13.3 Å². The second-order valence-corrected chi connectivity index (χ2v) is 2.13. The molecule has 0 saturated carbocycles. The predicted molar refractivity (Wildman–Crippen MR) is 34.0 cm³/mol. The standard InChI is InChI=1S/C5H8ClFO3/c1-9-5(8)10-3-4(6)2-7/h4H,2-3H2,1H3. The summed E-state index contributed by atoms with van der Waals surface area (Å²) in [5, 5.41) is -0.779. The molecule has 0 spiro atoms. The number of alkyl halides is 2. The summed E-state index contributed by atoms with van der Waals surface area (Å²) in [5.41, 5.74) is 0. The summed E-state index contributed by atoms with van der Waals surface area (Å²) in [7, 11) is 1.17. The first-order chi connectivity index (χ1) is 4.70. The number of carbonyl (C=O) groups excluding carboxylic acids is 1. The van der Waals surface area contributed by atoms with Gasteiger partial charge in [-0.3, -0.25) is 0 Å². The molecule has 0 radical (unpaired) electrons. The fraction of sp³-hybridized carbons (Fsp3) is 0.800. The molecule has 0 amide bonds. The predicted octanol–water partition coefficient (Wildman–Crippen LogP) is 1.35. The van der Waals surface area contributed by atoms with Gasteiger partial charge in [0.15, 0.2) is 0 Å². The first-order valence-corrected chi connectivity index (χ1v) is 3.05. The van der Waals surface area contributed by atoms with E-state index in [9.17, 15) is 9.18 Å². The van der Waals surface area contributed by atoms with E-state index in [0.29, 0.717) is 0 Å². The average molecular weight is 171 g/mol. The minimum atomic E-state index is -0.848. The minimum Gasteiger partial charge on any atom is -0.438 e. The van der Waals surface area contributed by atoms with E-state index in [1.54, 1.807) is 0 Å². The second-order valence-electron chi connectivity index (χ2n) is 1.52. The molecule has 10 heavy (non-hydrogen) atoms. The van der Waals surface area contributed by atoms with E-state index < -0.39 is 18.2 Å². The highest BCUT2D eigenvalue weighted by atomic mass is 35.5. The number of ether oxygens (including phenoxy) is 2. The third-order valence-electron chi connectivity index (χ3n) is 0.716. The Bertz CT molecular complexity index is 109. The van der Waals surface area contributed by atoms with Gasteiger partial charge in [0.2, 0.25) is 0 Å². The Hall–Kier alpha value is -0.510. The highest BCUT2D eigenvalue weighted by molar-refractivity contribution is 6.20. The number of methoxy groups -OCH3 is 1. The lowest BCUT2D eigenvalue weighted by Crippen LogP contribution is -2.15. The van der Waals surface area contributed by atoms with Crippen molar-refractivity contribution in [1.82, 2.24) is 0 Å². The molecule has 0 aliphatic heterocycles. The van der Waals surface area contributed by atoms with Crippen LogP contribution in [-0.2, 0) is 9.47 Å². The smallest absolute Gasteiger partial charge is 0.438 e. The SMILES string of the molecule is COC(=O)OCC(Cl)CF. The van der Waals surface area contributed by atoms with E-state index >= 15 is 0 Å². The first-order valence-electron chi connectivity index (χ1n) is 2.61. The normalized spacial score (nSPS) is 12.3. The zero-order valence-corrected chi connectivity index (χ0v) is 6.23. The molecule has 0 N–H and O–H groups in total. The van der Waals surface area contributed by atoms with Crippen molar-refractivity contribution in [3.8, 4) is 0 Å². The van der Waals surface area contributed by atoms with Gasteiger partial charge in [-0.2, -0.15) is 0 Å². The van der Waals surface area contributed by atoms with Crippen molar-refractivity contribution in [2.24, 2.45) is 0 Å². The van der Waals surface area contributed by atoms with Gasteiger partial charge in [-0.15, -0.1) is 11.6 Å². The molecule has 0 bridgehead atoms. The van der Waals surface area contributed by atoms with Crippen molar-refractivity contribution in [2.45, 2.75) is 5.38 Å². The molecule has 60 valence electrons. The minimum absolute atomic E-state index is 0.162. The first kappa shape index (κ1) is 9.49. The van der Waals surface area contributed by atoms with Gasteiger partial charge in [-0.05, 0) is 0 Å². The van der Waals surface area contributed by atoms with E-state index in [4.69, 9.17) is 11.6 Å². The van der Waals surface area contributed by atoms with Crippen LogP contribution in [0.2, 0.25) is 0 Å². The summed E-state index contributed by atoms with van der Waals surface area (Å²) < 4.78 is 20.0. The Morgan fingerprint density at radius 2 is 2.40 bits per heavy atom. The Labute approximate surface area is 63.1 Å². The molecule has 1 unspecified atom stereocenters. The van der Waals surface area contributed by atoms with Gasteiger partial charge in [0.05, 0.1) is 12.5 Å². The lowest BCUT2D eigenvalue weighted by atomic mass is 10.5. The van der Waals surface area contributed by atoms with Crippen molar-refractivity contribution >= 4 is 17.8 Å². The zero-order valence-electron chi connectivity index (χ0n) is 5.47. The van der Waals surface area contributed by atoms with Crippen LogP contribution in [0.4, 0.5) is 9.18 Å².